The van der Waals surface area contributed by atoms with Crippen LogP contribution in [-0.4, -0.2) is 32.1 Å². The van der Waals surface area contributed by atoms with Gasteiger partial charge in [0.25, 0.3) is 0 Å². The molecule has 0 bridgehead atoms. The zero-order valence-corrected chi connectivity index (χ0v) is 16.2. The summed E-state index contributed by atoms with van der Waals surface area (Å²) in [5, 5.41) is 3.14. The Bertz CT molecular complexity index is 892. The lowest BCUT2D eigenvalue weighted by molar-refractivity contribution is -0.274. The van der Waals surface area contributed by atoms with Crippen LogP contribution in [0.3, 0.4) is 0 Å². The molecule has 2 aliphatic heterocycles. The third-order valence-electron chi connectivity index (χ3n) is 5.38. The molecule has 4 rings (SSSR count). The van der Waals surface area contributed by atoms with Gasteiger partial charge in [-0.2, -0.15) is 0 Å². The molecule has 2 aliphatic rings. The fourth-order valence-electron chi connectivity index (χ4n) is 3.82. The topological polar surface area (TPSA) is 56.8 Å². The van der Waals surface area contributed by atoms with Gasteiger partial charge in [-0.05, 0) is 48.2 Å². The fourth-order valence-corrected chi connectivity index (χ4v) is 3.82. The van der Waals surface area contributed by atoms with E-state index >= 15 is 0 Å². The Labute approximate surface area is 172 Å². The summed E-state index contributed by atoms with van der Waals surface area (Å²) in [6, 6.07) is 11.1. The van der Waals surface area contributed by atoms with Crippen LogP contribution in [0.2, 0.25) is 0 Å². The lowest BCUT2D eigenvalue weighted by atomic mass is 9.93. The Morgan fingerprint density at radius 2 is 1.67 bits per heavy atom. The third-order valence-corrected chi connectivity index (χ3v) is 5.38. The summed E-state index contributed by atoms with van der Waals surface area (Å²) in [5.41, 5.74) is 2.44. The Morgan fingerprint density at radius 3 is 2.37 bits per heavy atom. The van der Waals surface area contributed by atoms with E-state index in [1.54, 1.807) is 12.1 Å². The molecule has 1 unspecified atom stereocenters. The van der Waals surface area contributed by atoms with Crippen molar-refractivity contribution in [2.24, 2.45) is 5.92 Å². The van der Waals surface area contributed by atoms with Crippen LogP contribution < -0.4 is 14.8 Å². The minimum absolute atomic E-state index is 0.0233. The number of ether oxygens (including phenoxy) is 3. The Balaban J connectivity index is 1.52. The molecular weight excluding hydrogens is 399 g/mol. The van der Waals surface area contributed by atoms with Crippen molar-refractivity contribution in [3.8, 4) is 22.6 Å². The van der Waals surface area contributed by atoms with Crippen molar-refractivity contribution >= 4 is 5.91 Å². The van der Waals surface area contributed by atoms with Gasteiger partial charge in [-0.3, -0.25) is 4.79 Å². The van der Waals surface area contributed by atoms with Gasteiger partial charge in [-0.15, -0.1) is 13.2 Å². The maximum atomic E-state index is 12.7. The summed E-state index contributed by atoms with van der Waals surface area (Å²) in [6.45, 7) is 1.70. The average molecular weight is 421 g/mol. The number of alkyl halides is 3. The van der Waals surface area contributed by atoms with E-state index in [-0.39, 0.29) is 23.6 Å². The summed E-state index contributed by atoms with van der Waals surface area (Å²) in [5.74, 6) is 0.415. The van der Waals surface area contributed by atoms with E-state index in [0.29, 0.717) is 44.8 Å². The van der Waals surface area contributed by atoms with Gasteiger partial charge in [0.05, 0.1) is 12.6 Å². The van der Waals surface area contributed by atoms with Gasteiger partial charge in [0, 0.05) is 31.1 Å². The summed E-state index contributed by atoms with van der Waals surface area (Å²) >= 11 is 0. The lowest BCUT2D eigenvalue weighted by Crippen LogP contribution is -2.38. The van der Waals surface area contributed by atoms with Gasteiger partial charge < -0.3 is 19.5 Å². The summed E-state index contributed by atoms with van der Waals surface area (Å²) < 4.78 is 52.1. The second-order valence-corrected chi connectivity index (χ2v) is 7.41. The van der Waals surface area contributed by atoms with E-state index in [9.17, 15) is 18.0 Å². The largest absolute Gasteiger partial charge is 0.573 e. The first-order chi connectivity index (χ1) is 14.4. The molecule has 2 aromatic rings. The Kier molecular flexibility index (Phi) is 5.85. The van der Waals surface area contributed by atoms with E-state index in [1.165, 1.54) is 12.1 Å². The SMILES string of the molecule is O=C(NC1CCOc2ccc(-c3ccc(OC(F)(F)F)cc3)cc21)C1CCOCC1. The molecule has 1 saturated heterocycles. The number of carbonyl (C=O) groups excluding carboxylic acids is 1. The number of halogens is 3. The smallest absolute Gasteiger partial charge is 0.493 e. The van der Waals surface area contributed by atoms with Crippen molar-refractivity contribution in [2.75, 3.05) is 19.8 Å². The molecule has 0 saturated carbocycles. The van der Waals surface area contributed by atoms with Gasteiger partial charge >= 0.3 is 6.36 Å². The van der Waals surface area contributed by atoms with Crippen molar-refractivity contribution in [3.63, 3.8) is 0 Å². The second-order valence-electron chi connectivity index (χ2n) is 7.41. The predicted molar refractivity (Wildman–Crippen MR) is 103 cm³/mol. The zero-order valence-electron chi connectivity index (χ0n) is 16.2. The third kappa shape index (κ3) is 4.87. The van der Waals surface area contributed by atoms with Crippen molar-refractivity contribution in [2.45, 2.75) is 31.7 Å². The van der Waals surface area contributed by atoms with Crippen LogP contribution in [-0.2, 0) is 9.53 Å². The standard InChI is InChI=1S/C22H22F3NO4/c23-22(24,25)30-17-4-1-14(2-5-17)16-3-6-20-18(13-16)19(9-12-29-20)26-21(27)15-7-10-28-11-8-15/h1-6,13,15,19H,7-12H2,(H,26,27). The minimum Gasteiger partial charge on any atom is -0.493 e. The first kappa shape index (κ1) is 20.5. The van der Waals surface area contributed by atoms with Crippen LogP contribution >= 0.6 is 0 Å². The first-order valence-corrected chi connectivity index (χ1v) is 9.90. The van der Waals surface area contributed by atoms with Gasteiger partial charge in [-0.1, -0.05) is 18.2 Å². The molecule has 1 fully saturated rings. The van der Waals surface area contributed by atoms with E-state index in [1.807, 2.05) is 18.2 Å². The molecule has 0 aromatic heterocycles. The molecule has 160 valence electrons. The van der Waals surface area contributed by atoms with Crippen LogP contribution in [0, 0.1) is 5.92 Å². The van der Waals surface area contributed by atoms with Gasteiger partial charge in [0.1, 0.15) is 11.5 Å². The van der Waals surface area contributed by atoms with Crippen molar-refractivity contribution in [1.82, 2.24) is 5.32 Å². The minimum atomic E-state index is -4.72. The normalized spacial score (nSPS) is 19.5. The number of fused-ring (bicyclic) bond motifs is 1. The molecular formula is C22H22F3NO4. The number of rotatable bonds is 4. The lowest BCUT2D eigenvalue weighted by Gasteiger charge is -2.29. The first-order valence-electron chi connectivity index (χ1n) is 9.90. The number of hydrogen-bond acceptors (Lipinski definition) is 4. The average Bonchev–Trinajstić information content (AvgIpc) is 2.74. The van der Waals surface area contributed by atoms with Gasteiger partial charge in [0.2, 0.25) is 5.91 Å². The molecule has 1 amide bonds. The number of carbonyl (C=O) groups is 1. The van der Waals surface area contributed by atoms with Gasteiger partial charge in [-0.25, -0.2) is 0 Å². The second kappa shape index (κ2) is 8.55. The molecule has 0 spiro atoms. The Hall–Kier alpha value is -2.74. The van der Waals surface area contributed by atoms with Crippen LogP contribution in [0.25, 0.3) is 11.1 Å². The van der Waals surface area contributed by atoms with Crippen LogP contribution in [0.1, 0.15) is 30.9 Å². The van der Waals surface area contributed by atoms with Crippen LogP contribution in [0.4, 0.5) is 13.2 Å². The molecule has 5 nitrogen and oxygen atoms in total. The molecule has 1 N–H and O–H groups in total. The van der Waals surface area contributed by atoms with Crippen LogP contribution in [0.15, 0.2) is 42.5 Å². The van der Waals surface area contributed by atoms with Crippen molar-refractivity contribution < 1.29 is 32.2 Å². The number of amides is 1. The van der Waals surface area contributed by atoms with Crippen molar-refractivity contribution in [1.29, 1.82) is 0 Å². The maximum absolute atomic E-state index is 12.7. The number of hydrogen-bond donors (Lipinski definition) is 1. The highest BCUT2D eigenvalue weighted by molar-refractivity contribution is 5.79. The predicted octanol–water partition coefficient (Wildman–Crippen LogP) is 4.62. The highest BCUT2D eigenvalue weighted by Crippen LogP contribution is 2.36. The molecule has 8 heteroatoms. The molecule has 1 atom stereocenters. The molecule has 0 radical (unpaired) electrons. The van der Waals surface area contributed by atoms with E-state index < -0.39 is 6.36 Å². The summed E-state index contributed by atoms with van der Waals surface area (Å²) in [7, 11) is 0. The molecule has 30 heavy (non-hydrogen) atoms. The molecule has 2 heterocycles. The summed E-state index contributed by atoms with van der Waals surface area (Å²) in [6.07, 6.45) is -2.63. The highest BCUT2D eigenvalue weighted by Gasteiger charge is 2.31. The fraction of sp³-hybridized carbons (Fsp3) is 0.409. The maximum Gasteiger partial charge on any atom is 0.573 e. The monoisotopic (exact) mass is 421 g/mol. The van der Waals surface area contributed by atoms with Gasteiger partial charge in [0.15, 0.2) is 0 Å². The highest BCUT2D eigenvalue weighted by atomic mass is 19.4. The molecule has 0 aliphatic carbocycles. The number of benzene rings is 2. The Morgan fingerprint density at radius 1 is 0.967 bits per heavy atom. The van der Waals surface area contributed by atoms with Crippen molar-refractivity contribution in [3.05, 3.63) is 48.0 Å². The number of nitrogens with one attached hydrogen (secondary N) is 1. The van der Waals surface area contributed by atoms with E-state index in [2.05, 4.69) is 10.1 Å². The van der Waals surface area contributed by atoms with Crippen LogP contribution in [0.5, 0.6) is 11.5 Å². The van der Waals surface area contributed by atoms with E-state index in [0.717, 1.165) is 16.7 Å². The molecule has 2 aromatic carbocycles. The summed E-state index contributed by atoms with van der Waals surface area (Å²) in [4.78, 5) is 12.7. The quantitative estimate of drug-likeness (QED) is 0.783. The zero-order chi connectivity index (χ0) is 21.1. The van der Waals surface area contributed by atoms with E-state index in [4.69, 9.17) is 9.47 Å².